The van der Waals surface area contributed by atoms with Crippen LogP contribution < -0.4 is 0 Å². The molecule has 0 fully saturated rings. The van der Waals surface area contributed by atoms with E-state index in [1.807, 2.05) is 18.3 Å². The molecule has 29 heavy (non-hydrogen) atoms. The van der Waals surface area contributed by atoms with Crippen LogP contribution in [0.4, 0.5) is 13.2 Å². The first kappa shape index (κ1) is 19.7. The molecule has 1 aliphatic carbocycles. The fourth-order valence-electron chi connectivity index (χ4n) is 3.32. The molecular weight excluding hydrogens is 397 g/mol. The molecule has 3 aromatic heterocycles. The Morgan fingerprint density at radius 2 is 2.03 bits per heavy atom. The van der Waals surface area contributed by atoms with Crippen LogP contribution in [0.25, 0.3) is 17.0 Å². The first-order valence-corrected chi connectivity index (χ1v) is 10.2. The smallest absolute Gasteiger partial charge is 0.290 e. The summed E-state index contributed by atoms with van der Waals surface area (Å²) >= 11 is 1.64. The maximum atomic E-state index is 12.9. The van der Waals surface area contributed by atoms with Gasteiger partial charge < -0.3 is 0 Å². The van der Waals surface area contributed by atoms with Crippen molar-refractivity contribution in [3.63, 3.8) is 0 Å². The molecule has 0 spiro atoms. The molecule has 3 heterocycles. The third-order valence-corrected chi connectivity index (χ3v) is 5.86. The molecule has 4 rings (SSSR count). The molecule has 0 radical (unpaired) electrons. The molecule has 3 aromatic rings. The number of fused-ring (bicyclic) bond motifs is 1. The van der Waals surface area contributed by atoms with E-state index in [0.717, 1.165) is 35.0 Å². The van der Waals surface area contributed by atoms with Gasteiger partial charge in [0.1, 0.15) is 29.1 Å². The summed E-state index contributed by atoms with van der Waals surface area (Å²) in [5.41, 5.74) is 1.39. The number of rotatable bonds is 4. The van der Waals surface area contributed by atoms with E-state index in [1.54, 1.807) is 18.0 Å². The maximum Gasteiger partial charge on any atom is 0.433 e. The van der Waals surface area contributed by atoms with E-state index in [9.17, 15) is 13.2 Å². The zero-order chi connectivity index (χ0) is 20.6. The lowest BCUT2D eigenvalue weighted by molar-refractivity contribution is -0.141. The van der Waals surface area contributed by atoms with Crippen molar-refractivity contribution in [2.24, 2.45) is 0 Å². The average Bonchev–Trinajstić information content (AvgIpc) is 3.11. The Balaban J connectivity index is 1.78. The highest BCUT2D eigenvalue weighted by atomic mass is 32.2. The van der Waals surface area contributed by atoms with Crippen molar-refractivity contribution in [2.75, 3.05) is 5.75 Å². The zero-order valence-corrected chi connectivity index (χ0v) is 16.8. The Hall–Kier alpha value is -2.61. The molecule has 0 saturated heterocycles. The van der Waals surface area contributed by atoms with Crippen molar-refractivity contribution in [2.45, 2.75) is 36.8 Å². The SMILES string of the molecule is CCSc1cc(C2(C)C=CC=CC2)cnc1-c1cn2cnc(C(F)(F)F)cc2n1. The summed E-state index contributed by atoms with van der Waals surface area (Å²) in [5, 5.41) is 0. The number of alkyl halides is 3. The third kappa shape index (κ3) is 3.81. The summed E-state index contributed by atoms with van der Waals surface area (Å²) in [5.74, 6) is 0.845. The van der Waals surface area contributed by atoms with Crippen LogP contribution in [0.1, 0.15) is 31.5 Å². The number of aromatic nitrogens is 4. The lowest BCUT2D eigenvalue weighted by Gasteiger charge is -2.27. The summed E-state index contributed by atoms with van der Waals surface area (Å²) in [6.07, 6.45) is 9.39. The van der Waals surface area contributed by atoms with E-state index in [2.05, 4.69) is 47.0 Å². The highest BCUT2D eigenvalue weighted by molar-refractivity contribution is 7.99. The first-order chi connectivity index (χ1) is 13.8. The highest BCUT2D eigenvalue weighted by Crippen LogP contribution is 2.37. The quantitative estimate of drug-likeness (QED) is 0.512. The minimum atomic E-state index is -4.51. The number of nitrogens with zero attached hydrogens (tertiary/aromatic N) is 4. The first-order valence-electron chi connectivity index (χ1n) is 9.20. The van der Waals surface area contributed by atoms with Crippen LogP contribution >= 0.6 is 11.8 Å². The second-order valence-corrected chi connectivity index (χ2v) is 8.38. The second kappa shape index (κ2) is 7.33. The van der Waals surface area contributed by atoms with Crippen molar-refractivity contribution in [1.29, 1.82) is 0 Å². The lowest BCUT2D eigenvalue weighted by Crippen LogP contribution is -2.20. The molecule has 1 aliphatic rings. The van der Waals surface area contributed by atoms with Crippen molar-refractivity contribution in [3.05, 3.63) is 66.4 Å². The fourth-order valence-corrected chi connectivity index (χ4v) is 4.13. The van der Waals surface area contributed by atoms with E-state index in [4.69, 9.17) is 0 Å². The standard InChI is InChI=1S/C21H19F3N4S/c1-3-29-16-9-14(20(2)7-5-4-6-8-20)11-25-19(16)15-12-28-13-26-17(21(22,23)24)10-18(28)27-15/h4-7,9-13H,3,8H2,1-2H3. The molecule has 1 unspecified atom stereocenters. The van der Waals surface area contributed by atoms with Crippen LogP contribution in [0.5, 0.6) is 0 Å². The number of hydrogen-bond donors (Lipinski definition) is 0. The van der Waals surface area contributed by atoms with Gasteiger partial charge >= 0.3 is 6.18 Å². The predicted octanol–water partition coefficient (Wildman–Crippen LogP) is 5.70. The van der Waals surface area contributed by atoms with Crippen LogP contribution in [-0.4, -0.2) is 25.1 Å². The molecular formula is C21H19F3N4S. The minimum absolute atomic E-state index is 0.131. The van der Waals surface area contributed by atoms with Crippen LogP contribution in [0, 0.1) is 0 Å². The fraction of sp³-hybridized carbons (Fsp3) is 0.286. The molecule has 0 bridgehead atoms. The third-order valence-electron chi connectivity index (χ3n) is 4.95. The Morgan fingerprint density at radius 1 is 1.21 bits per heavy atom. The molecule has 0 aromatic carbocycles. The number of thioether (sulfide) groups is 1. The van der Waals surface area contributed by atoms with Crippen molar-refractivity contribution in [3.8, 4) is 11.4 Å². The molecule has 1 atom stereocenters. The van der Waals surface area contributed by atoms with Crippen LogP contribution in [0.2, 0.25) is 0 Å². The van der Waals surface area contributed by atoms with Gasteiger partial charge in [-0.2, -0.15) is 13.2 Å². The van der Waals surface area contributed by atoms with Gasteiger partial charge in [-0.15, -0.1) is 11.8 Å². The number of imidazole rings is 1. The summed E-state index contributed by atoms with van der Waals surface area (Å²) in [6, 6.07) is 3.06. The van der Waals surface area contributed by atoms with Crippen LogP contribution in [-0.2, 0) is 11.6 Å². The molecule has 0 saturated carbocycles. The van der Waals surface area contributed by atoms with Gasteiger partial charge in [0.2, 0.25) is 0 Å². The van der Waals surface area contributed by atoms with E-state index >= 15 is 0 Å². The maximum absolute atomic E-state index is 12.9. The van der Waals surface area contributed by atoms with E-state index in [-0.39, 0.29) is 11.1 Å². The van der Waals surface area contributed by atoms with Gasteiger partial charge in [-0.1, -0.05) is 38.2 Å². The summed E-state index contributed by atoms with van der Waals surface area (Å²) < 4.78 is 40.3. The number of halogens is 3. The number of hydrogen-bond acceptors (Lipinski definition) is 4. The number of allylic oxidation sites excluding steroid dienone is 4. The highest BCUT2D eigenvalue weighted by Gasteiger charge is 2.33. The summed E-state index contributed by atoms with van der Waals surface area (Å²) in [7, 11) is 0. The number of pyridine rings is 1. The van der Waals surface area contributed by atoms with Crippen molar-refractivity contribution >= 4 is 17.4 Å². The van der Waals surface area contributed by atoms with Gasteiger partial charge in [-0.25, -0.2) is 9.97 Å². The summed E-state index contributed by atoms with van der Waals surface area (Å²) in [4.78, 5) is 13.5. The normalized spacial score (nSPS) is 19.2. The van der Waals surface area contributed by atoms with E-state index in [0.29, 0.717) is 11.4 Å². The molecule has 0 amide bonds. The Bertz CT molecular complexity index is 1120. The Labute approximate surface area is 170 Å². The minimum Gasteiger partial charge on any atom is -0.290 e. The van der Waals surface area contributed by atoms with Crippen molar-refractivity contribution in [1.82, 2.24) is 19.4 Å². The van der Waals surface area contributed by atoms with Gasteiger partial charge in [0, 0.05) is 28.8 Å². The monoisotopic (exact) mass is 416 g/mol. The largest absolute Gasteiger partial charge is 0.433 e. The summed E-state index contributed by atoms with van der Waals surface area (Å²) in [6.45, 7) is 4.22. The molecule has 0 aliphatic heterocycles. The van der Waals surface area contributed by atoms with E-state index < -0.39 is 11.9 Å². The van der Waals surface area contributed by atoms with Crippen LogP contribution in [0.3, 0.4) is 0 Å². The van der Waals surface area contributed by atoms with Crippen LogP contribution in [0.15, 0.2) is 60.1 Å². The second-order valence-electron chi connectivity index (χ2n) is 7.08. The molecule has 0 N–H and O–H groups in total. The Morgan fingerprint density at radius 3 is 2.72 bits per heavy atom. The van der Waals surface area contributed by atoms with Gasteiger partial charge in [0.25, 0.3) is 0 Å². The van der Waals surface area contributed by atoms with Gasteiger partial charge in [-0.3, -0.25) is 9.38 Å². The zero-order valence-electron chi connectivity index (χ0n) is 15.9. The topological polar surface area (TPSA) is 43.1 Å². The molecule has 8 heteroatoms. The molecule has 4 nitrogen and oxygen atoms in total. The van der Waals surface area contributed by atoms with Crippen molar-refractivity contribution < 1.29 is 13.2 Å². The lowest BCUT2D eigenvalue weighted by atomic mass is 9.78. The molecule has 150 valence electrons. The van der Waals surface area contributed by atoms with Gasteiger partial charge in [0.05, 0.1) is 0 Å². The van der Waals surface area contributed by atoms with Gasteiger partial charge in [-0.05, 0) is 23.8 Å². The average molecular weight is 416 g/mol. The Kier molecular flexibility index (Phi) is 4.98. The van der Waals surface area contributed by atoms with Gasteiger partial charge in [0.15, 0.2) is 0 Å². The predicted molar refractivity (Wildman–Crippen MR) is 108 cm³/mol. The van der Waals surface area contributed by atoms with E-state index in [1.165, 1.54) is 4.40 Å².